The molecule has 14 heavy (non-hydrogen) atoms. The Balaban J connectivity index is 2.95. The molecule has 0 saturated carbocycles. The summed E-state index contributed by atoms with van der Waals surface area (Å²) >= 11 is 1.66. The van der Waals surface area contributed by atoms with Crippen molar-refractivity contribution in [1.82, 2.24) is 0 Å². The maximum absolute atomic E-state index is 10.7. The summed E-state index contributed by atoms with van der Waals surface area (Å²) in [5, 5.41) is 0. The number of carbonyl (C=O) groups excluding carboxylic acids is 1. The van der Waals surface area contributed by atoms with Crippen molar-refractivity contribution in [2.45, 2.75) is 12.4 Å². The summed E-state index contributed by atoms with van der Waals surface area (Å²) in [5.41, 5.74) is 1.41. The molecule has 0 aromatic heterocycles. The number of hydrogen-bond acceptors (Lipinski definition) is 3. The van der Waals surface area contributed by atoms with Crippen LogP contribution in [0.4, 0.5) is 0 Å². The van der Waals surface area contributed by atoms with E-state index in [9.17, 15) is 4.79 Å². The molecule has 0 heterocycles. The summed E-state index contributed by atoms with van der Waals surface area (Å²) in [4.78, 5) is 10.7. The summed E-state index contributed by atoms with van der Waals surface area (Å²) in [6.45, 7) is 2.06. The third-order valence-corrected chi connectivity index (χ3v) is 2.94. The molecule has 1 aromatic carbocycles. The van der Waals surface area contributed by atoms with Gasteiger partial charge in [-0.25, -0.2) is 0 Å². The highest BCUT2D eigenvalue weighted by molar-refractivity contribution is 7.99. The Morgan fingerprint density at radius 1 is 1.50 bits per heavy atom. The lowest BCUT2D eigenvalue weighted by Gasteiger charge is -2.15. The van der Waals surface area contributed by atoms with Gasteiger partial charge in [0.05, 0.1) is 0 Å². The van der Waals surface area contributed by atoms with Gasteiger partial charge in [0.25, 0.3) is 0 Å². The largest absolute Gasteiger partial charge is 0.366 e. The zero-order valence-corrected chi connectivity index (χ0v) is 9.14. The van der Waals surface area contributed by atoms with Crippen molar-refractivity contribution in [1.29, 1.82) is 0 Å². The summed E-state index contributed by atoms with van der Waals surface area (Å²) in [6, 6.07) is 7.38. The highest BCUT2D eigenvalue weighted by Gasteiger charge is 2.13. The molecular formula is C11H13O2S. The fraction of sp³-hybridized carbons (Fsp3) is 0.364. The van der Waals surface area contributed by atoms with Crippen LogP contribution in [0, 0.1) is 0 Å². The maximum atomic E-state index is 10.7. The third-order valence-electron chi connectivity index (χ3n) is 1.86. The van der Waals surface area contributed by atoms with Crippen LogP contribution < -0.4 is 0 Å². The van der Waals surface area contributed by atoms with E-state index in [4.69, 9.17) is 4.74 Å². The molecule has 75 valence electrons. The predicted octanol–water partition coefficient (Wildman–Crippen LogP) is 2.54. The van der Waals surface area contributed by atoms with E-state index in [2.05, 4.69) is 6.92 Å². The molecule has 0 saturated heterocycles. The van der Waals surface area contributed by atoms with Crippen molar-refractivity contribution in [2.75, 3.05) is 12.9 Å². The predicted molar refractivity (Wildman–Crippen MR) is 59.1 cm³/mol. The fourth-order valence-corrected chi connectivity index (χ4v) is 2.06. The van der Waals surface area contributed by atoms with E-state index >= 15 is 0 Å². The molecule has 1 unspecified atom stereocenters. The smallest absolute Gasteiger partial charge is 0.233 e. The molecule has 1 atom stereocenters. The van der Waals surface area contributed by atoms with Gasteiger partial charge in [-0.1, -0.05) is 31.2 Å². The molecule has 3 heteroatoms. The molecule has 1 aromatic rings. The van der Waals surface area contributed by atoms with Crippen LogP contribution in [-0.4, -0.2) is 19.1 Å². The van der Waals surface area contributed by atoms with Crippen molar-refractivity contribution in [3.63, 3.8) is 0 Å². The first-order valence-corrected chi connectivity index (χ1v) is 5.49. The minimum absolute atomic E-state index is 0.0716. The number of thioether (sulfide) groups is 1. The summed E-state index contributed by atoms with van der Waals surface area (Å²) in [5.74, 6) is 0.950. The van der Waals surface area contributed by atoms with Gasteiger partial charge in [0.15, 0.2) is 0 Å². The average molecular weight is 209 g/mol. The third kappa shape index (κ3) is 2.59. The number of rotatable bonds is 5. The van der Waals surface area contributed by atoms with E-state index in [1.807, 2.05) is 24.5 Å². The second kappa shape index (κ2) is 5.83. The molecule has 0 N–H and O–H groups in total. The fourth-order valence-electron chi connectivity index (χ4n) is 1.23. The van der Waals surface area contributed by atoms with Gasteiger partial charge < -0.3 is 4.74 Å². The lowest BCUT2D eigenvalue weighted by atomic mass is 10.1. The average Bonchev–Trinajstić information content (AvgIpc) is 2.26. The summed E-state index contributed by atoms with van der Waals surface area (Å²) < 4.78 is 5.30. The minimum Gasteiger partial charge on any atom is -0.366 e. The van der Waals surface area contributed by atoms with Crippen LogP contribution >= 0.6 is 11.8 Å². The second-order valence-corrected chi connectivity index (χ2v) is 4.05. The summed E-state index contributed by atoms with van der Waals surface area (Å²) in [7, 11) is 1.65. The summed E-state index contributed by atoms with van der Waals surface area (Å²) in [6.07, 6.45) is 1.93. The lowest BCUT2D eigenvalue weighted by Crippen LogP contribution is -2.01. The van der Waals surface area contributed by atoms with E-state index in [0.29, 0.717) is 5.56 Å². The van der Waals surface area contributed by atoms with Crippen molar-refractivity contribution in [2.24, 2.45) is 0 Å². The molecule has 0 bridgehead atoms. The molecule has 0 aliphatic heterocycles. The first-order valence-electron chi connectivity index (χ1n) is 4.45. The standard InChI is InChI=1S/C11H13O2S/c1-3-14-11(13-2)10-7-5-4-6-9(10)8-12/h4-7,11H,3H2,1-2H3. The van der Waals surface area contributed by atoms with Crippen LogP contribution in [0.3, 0.4) is 0 Å². The highest BCUT2D eigenvalue weighted by Crippen LogP contribution is 2.30. The van der Waals surface area contributed by atoms with Gasteiger partial charge in [0, 0.05) is 18.2 Å². The van der Waals surface area contributed by atoms with Crippen molar-refractivity contribution in [3.05, 3.63) is 35.4 Å². The monoisotopic (exact) mass is 209 g/mol. The highest BCUT2D eigenvalue weighted by atomic mass is 32.2. The number of benzene rings is 1. The molecular weight excluding hydrogens is 196 g/mol. The first-order chi connectivity index (χ1) is 6.83. The van der Waals surface area contributed by atoms with Gasteiger partial charge in [-0.3, -0.25) is 4.79 Å². The quantitative estimate of drug-likeness (QED) is 0.697. The van der Waals surface area contributed by atoms with Crippen LogP contribution in [0.5, 0.6) is 0 Å². The molecule has 0 spiro atoms. The van der Waals surface area contributed by atoms with Crippen LogP contribution in [0.2, 0.25) is 0 Å². The molecule has 1 rings (SSSR count). The van der Waals surface area contributed by atoms with E-state index in [1.54, 1.807) is 24.9 Å². The van der Waals surface area contributed by atoms with Crippen LogP contribution in [-0.2, 0) is 9.53 Å². The van der Waals surface area contributed by atoms with Crippen molar-refractivity contribution < 1.29 is 9.53 Å². The molecule has 2 nitrogen and oxygen atoms in total. The Kier molecular flexibility index (Phi) is 4.70. The van der Waals surface area contributed by atoms with E-state index in [1.165, 1.54) is 0 Å². The van der Waals surface area contributed by atoms with E-state index < -0.39 is 0 Å². The Bertz CT molecular complexity index is 299. The topological polar surface area (TPSA) is 26.3 Å². The molecule has 0 amide bonds. The zero-order chi connectivity index (χ0) is 10.4. The van der Waals surface area contributed by atoms with Gasteiger partial charge in [0.2, 0.25) is 6.29 Å². The van der Waals surface area contributed by atoms with Gasteiger partial charge in [-0.05, 0) is 5.75 Å². The number of methoxy groups -OCH3 is 1. The Morgan fingerprint density at radius 2 is 2.21 bits per heavy atom. The van der Waals surface area contributed by atoms with Gasteiger partial charge in [0.1, 0.15) is 5.44 Å². The minimum atomic E-state index is -0.0716. The number of hydrogen-bond donors (Lipinski definition) is 0. The van der Waals surface area contributed by atoms with Crippen LogP contribution in [0.15, 0.2) is 24.3 Å². The van der Waals surface area contributed by atoms with Crippen molar-refractivity contribution in [3.8, 4) is 0 Å². The molecule has 0 fully saturated rings. The number of ether oxygens (including phenoxy) is 1. The van der Waals surface area contributed by atoms with E-state index in [-0.39, 0.29) is 5.44 Å². The van der Waals surface area contributed by atoms with Crippen LogP contribution in [0.1, 0.15) is 23.5 Å². The first kappa shape index (κ1) is 11.3. The SMILES string of the molecule is CCSC(OC)c1ccccc1[C]=O. The zero-order valence-electron chi connectivity index (χ0n) is 8.32. The second-order valence-electron chi connectivity index (χ2n) is 2.71. The maximum Gasteiger partial charge on any atom is 0.233 e. The van der Waals surface area contributed by atoms with Gasteiger partial charge >= 0.3 is 0 Å². The molecule has 0 aliphatic rings. The molecule has 1 radical (unpaired) electrons. The molecule has 0 aliphatic carbocycles. The Hall–Kier alpha value is -0.800. The van der Waals surface area contributed by atoms with Gasteiger partial charge in [-0.2, -0.15) is 0 Å². The van der Waals surface area contributed by atoms with E-state index in [0.717, 1.165) is 11.3 Å². The lowest BCUT2D eigenvalue weighted by molar-refractivity contribution is 0.175. The van der Waals surface area contributed by atoms with Crippen molar-refractivity contribution >= 4 is 18.0 Å². The Labute approximate surface area is 88.7 Å². The van der Waals surface area contributed by atoms with Gasteiger partial charge in [-0.15, -0.1) is 11.8 Å². The normalized spacial score (nSPS) is 12.4. The Morgan fingerprint density at radius 3 is 2.79 bits per heavy atom. The van der Waals surface area contributed by atoms with Crippen LogP contribution in [0.25, 0.3) is 0 Å².